The SMILES string of the molecule is COc1cc(OC)c(OC)c(C2CCCCN2)c1F. The highest BCUT2D eigenvalue weighted by Gasteiger charge is 2.27. The Kier molecular flexibility index (Phi) is 4.47. The second-order valence-corrected chi connectivity index (χ2v) is 4.54. The molecule has 1 N–H and O–H groups in total. The van der Waals surface area contributed by atoms with E-state index in [0.717, 1.165) is 25.8 Å². The molecule has 19 heavy (non-hydrogen) atoms. The highest BCUT2D eigenvalue weighted by atomic mass is 19.1. The van der Waals surface area contributed by atoms with E-state index in [1.807, 2.05) is 0 Å². The topological polar surface area (TPSA) is 39.7 Å². The Bertz CT molecular complexity index is 445. The van der Waals surface area contributed by atoms with Gasteiger partial charge >= 0.3 is 0 Å². The molecule has 1 unspecified atom stereocenters. The first-order valence-corrected chi connectivity index (χ1v) is 6.44. The van der Waals surface area contributed by atoms with Crippen molar-refractivity contribution in [2.45, 2.75) is 25.3 Å². The van der Waals surface area contributed by atoms with E-state index >= 15 is 0 Å². The van der Waals surface area contributed by atoms with Gasteiger partial charge in [0.2, 0.25) is 0 Å². The van der Waals surface area contributed by atoms with Crippen molar-refractivity contribution >= 4 is 0 Å². The van der Waals surface area contributed by atoms with Gasteiger partial charge in [0, 0.05) is 12.1 Å². The molecule has 5 heteroatoms. The summed E-state index contributed by atoms with van der Waals surface area (Å²) in [5.41, 5.74) is 0.499. The van der Waals surface area contributed by atoms with Gasteiger partial charge in [-0.3, -0.25) is 0 Å². The Morgan fingerprint density at radius 2 is 1.84 bits per heavy atom. The molecule has 0 bridgehead atoms. The minimum Gasteiger partial charge on any atom is -0.494 e. The molecule has 0 aliphatic carbocycles. The van der Waals surface area contributed by atoms with Crippen LogP contribution < -0.4 is 19.5 Å². The van der Waals surface area contributed by atoms with Gasteiger partial charge in [-0.25, -0.2) is 4.39 Å². The van der Waals surface area contributed by atoms with E-state index in [-0.39, 0.29) is 17.6 Å². The molecular weight excluding hydrogens is 249 g/mol. The molecule has 2 rings (SSSR count). The van der Waals surface area contributed by atoms with Crippen LogP contribution in [0.1, 0.15) is 30.9 Å². The Morgan fingerprint density at radius 3 is 2.37 bits per heavy atom. The molecule has 0 aromatic heterocycles. The van der Waals surface area contributed by atoms with Crippen molar-refractivity contribution in [3.05, 3.63) is 17.4 Å². The zero-order valence-corrected chi connectivity index (χ0v) is 11.6. The van der Waals surface area contributed by atoms with Gasteiger partial charge in [-0.2, -0.15) is 0 Å². The van der Waals surface area contributed by atoms with E-state index < -0.39 is 0 Å². The number of rotatable bonds is 4. The van der Waals surface area contributed by atoms with Gasteiger partial charge in [0.05, 0.1) is 26.9 Å². The van der Waals surface area contributed by atoms with Crippen LogP contribution in [-0.4, -0.2) is 27.9 Å². The summed E-state index contributed by atoms with van der Waals surface area (Å²) < 4.78 is 30.2. The average molecular weight is 269 g/mol. The zero-order valence-electron chi connectivity index (χ0n) is 11.6. The van der Waals surface area contributed by atoms with Gasteiger partial charge in [-0.15, -0.1) is 0 Å². The molecule has 1 aliphatic rings. The van der Waals surface area contributed by atoms with E-state index in [0.29, 0.717) is 17.1 Å². The maximum Gasteiger partial charge on any atom is 0.173 e. The maximum absolute atomic E-state index is 14.5. The maximum atomic E-state index is 14.5. The fourth-order valence-electron chi connectivity index (χ4n) is 2.53. The van der Waals surface area contributed by atoms with Gasteiger partial charge in [-0.1, -0.05) is 6.42 Å². The Balaban J connectivity index is 2.53. The molecule has 0 radical (unpaired) electrons. The second-order valence-electron chi connectivity index (χ2n) is 4.54. The van der Waals surface area contributed by atoms with Crippen LogP contribution in [0.25, 0.3) is 0 Å². The number of benzene rings is 1. The van der Waals surface area contributed by atoms with Crippen LogP contribution in [0.15, 0.2) is 6.07 Å². The van der Waals surface area contributed by atoms with Crippen molar-refractivity contribution in [3.63, 3.8) is 0 Å². The fourth-order valence-corrected chi connectivity index (χ4v) is 2.53. The van der Waals surface area contributed by atoms with Crippen LogP contribution in [0, 0.1) is 5.82 Å². The standard InChI is InChI=1S/C14H20FNO3/c1-17-10-8-11(18-2)14(19-3)12(13(10)15)9-6-4-5-7-16-9/h8-9,16H,4-7H2,1-3H3. The lowest BCUT2D eigenvalue weighted by molar-refractivity contribution is 0.317. The average Bonchev–Trinajstić information content (AvgIpc) is 2.47. The third kappa shape index (κ3) is 2.61. The zero-order chi connectivity index (χ0) is 13.8. The lowest BCUT2D eigenvalue weighted by atomic mass is 9.95. The van der Waals surface area contributed by atoms with E-state index in [2.05, 4.69) is 5.32 Å². The second kappa shape index (κ2) is 6.10. The van der Waals surface area contributed by atoms with Crippen molar-refractivity contribution < 1.29 is 18.6 Å². The van der Waals surface area contributed by atoms with E-state index in [9.17, 15) is 4.39 Å². The minimum atomic E-state index is -0.375. The van der Waals surface area contributed by atoms with Gasteiger partial charge in [0.15, 0.2) is 23.1 Å². The number of hydrogen-bond donors (Lipinski definition) is 1. The van der Waals surface area contributed by atoms with Crippen LogP contribution in [0.2, 0.25) is 0 Å². The summed E-state index contributed by atoms with van der Waals surface area (Å²) in [4.78, 5) is 0. The van der Waals surface area contributed by atoms with Crippen LogP contribution in [0.3, 0.4) is 0 Å². The molecule has 0 saturated carbocycles. The molecule has 1 aromatic rings. The fraction of sp³-hybridized carbons (Fsp3) is 0.571. The first kappa shape index (κ1) is 13.9. The predicted octanol–water partition coefficient (Wildman–Crippen LogP) is 2.67. The Morgan fingerprint density at radius 1 is 1.11 bits per heavy atom. The van der Waals surface area contributed by atoms with E-state index in [1.54, 1.807) is 0 Å². The van der Waals surface area contributed by atoms with Crippen LogP contribution in [0.5, 0.6) is 17.2 Å². The summed E-state index contributed by atoms with van der Waals surface area (Å²) in [5, 5.41) is 3.32. The van der Waals surface area contributed by atoms with Gasteiger partial charge in [-0.05, 0) is 19.4 Å². The molecule has 106 valence electrons. The summed E-state index contributed by atoms with van der Waals surface area (Å²) in [6.45, 7) is 0.882. The van der Waals surface area contributed by atoms with E-state index in [1.165, 1.54) is 27.4 Å². The Hall–Kier alpha value is -1.49. The molecule has 1 fully saturated rings. The number of hydrogen-bond acceptors (Lipinski definition) is 4. The summed E-state index contributed by atoms with van der Waals surface area (Å²) in [5.74, 6) is 0.739. The van der Waals surface area contributed by atoms with E-state index in [4.69, 9.17) is 14.2 Å². The first-order valence-electron chi connectivity index (χ1n) is 6.44. The van der Waals surface area contributed by atoms with Crippen molar-refractivity contribution in [2.75, 3.05) is 27.9 Å². The predicted molar refractivity (Wildman–Crippen MR) is 70.7 cm³/mol. The number of ether oxygens (including phenoxy) is 3. The largest absolute Gasteiger partial charge is 0.494 e. The first-order chi connectivity index (χ1) is 9.22. The normalized spacial score (nSPS) is 19.1. The monoisotopic (exact) mass is 269 g/mol. The molecule has 0 amide bonds. The molecule has 1 atom stereocenters. The van der Waals surface area contributed by atoms with Crippen molar-refractivity contribution in [1.29, 1.82) is 0 Å². The van der Waals surface area contributed by atoms with Gasteiger partial charge < -0.3 is 19.5 Å². The molecule has 0 spiro atoms. The molecule has 1 aromatic carbocycles. The number of piperidine rings is 1. The summed E-state index contributed by atoms with van der Waals surface area (Å²) in [7, 11) is 4.51. The van der Waals surface area contributed by atoms with Gasteiger partial charge in [0.1, 0.15) is 0 Å². The molecule has 1 heterocycles. The van der Waals surface area contributed by atoms with Crippen LogP contribution >= 0.6 is 0 Å². The molecule has 1 saturated heterocycles. The lowest BCUT2D eigenvalue weighted by Gasteiger charge is -2.27. The molecule has 4 nitrogen and oxygen atoms in total. The van der Waals surface area contributed by atoms with Crippen LogP contribution in [-0.2, 0) is 0 Å². The lowest BCUT2D eigenvalue weighted by Crippen LogP contribution is -2.28. The minimum absolute atomic E-state index is 0.0623. The van der Waals surface area contributed by atoms with Crippen molar-refractivity contribution in [3.8, 4) is 17.2 Å². The third-order valence-corrected chi connectivity index (χ3v) is 3.49. The number of nitrogens with one attached hydrogen (secondary N) is 1. The highest BCUT2D eigenvalue weighted by molar-refractivity contribution is 5.54. The molecule has 1 aliphatic heterocycles. The highest BCUT2D eigenvalue weighted by Crippen LogP contribution is 2.43. The summed E-state index contributed by atoms with van der Waals surface area (Å²) in [6.07, 6.45) is 3.06. The van der Waals surface area contributed by atoms with Crippen molar-refractivity contribution in [1.82, 2.24) is 5.32 Å². The Labute approximate surface area is 112 Å². The third-order valence-electron chi connectivity index (χ3n) is 3.49. The van der Waals surface area contributed by atoms with Gasteiger partial charge in [0.25, 0.3) is 0 Å². The summed E-state index contributed by atoms with van der Waals surface area (Å²) in [6, 6.07) is 1.45. The van der Waals surface area contributed by atoms with Crippen LogP contribution in [0.4, 0.5) is 4.39 Å². The quantitative estimate of drug-likeness (QED) is 0.912. The smallest absolute Gasteiger partial charge is 0.173 e. The number of methoxy groups -OCH3 is 3. The van der Waals surface area contributed by atoms with Crippen molar-refractivity contribution in [2.24, 2.45) is 0 Å². The number of halogens is 1. The summed E-state index contributed by atoms with van der Waals surface area (Å²) >= 11 is 0. The molecular formula is C14H20FNO3.